The average Bonchev–Trinajstić information content (AvgIpc) is 2.20. The summed E-state index contributed by atoms with van der Waals surface area (Å²) in [6.07, 6.45) is 3.95. The van der Waals surface area contributed by atoms with Crippen LogP contribution in [-0.4, -0.2) is 36.6 Å². The molecule has 0 bridgehead atoms. The van der Waals surface area contributed by atoms with E-state index in [1.165, 1.54) is 38.9 Å². The largest absolute Gasteiger partial charge is 0.311 e. The maximum atomic E-state index is 3.70. The van der Waals surface area contributed by atoms with E-state index >= 15 is 0 Å². The number of nitrogens with one attached hydrogen (secondary N) is 1. The van der Waals surface area contributed by atoms with Crippen LogP contribution in [0.25, 0.3) is 0 Å². The first-order valence-electron chi connectivity index (χ1n) is 6.64. The number of piperazine rings is 1. The van der Waals surface area contributed by atoms with Crippen LogP contribution in [0.5, 0.6) is 0 Å². The van der Waals surface area contributed by atoms with Crippen LogP contribution in [0.2, 0.25) is 0 Å². The average molecular weight is 212 g/mol. The third-order valence-electron chi connectivity index (χ3n) is 3.40. The number of rotatable bonds is 5. The van der Waals surface area contributed by atoms with E-state index < -0.39 is 0 Å². The highest BCUT2D eigenvalue weighted by Gasteiger charge is 2.26. The Morgan fingerprint density at radius 1 is 1.33 bits per heavy atom. The minimum atomic E-state index is 0.735. The van der Waals surface area contributed by atoms with Crippen LogP contribution >= 0.6 is 0 Å². The highest BCUT2D eigenvalue weighted by molar-refractivity contribution is 4.85. The maximum absolute atomic E-state index is 3.70. The molecule has 2 nitrogen and oxygen atoms in total. The molecule has 0 aliphatic carbocycles. The SMILES string of the molecule is CCCC1CN(CC)C(CC(C)C)CN1. The van der Waals surface area contributed by atoms with E-state index in [0.29, 0.717) is 0 Å². The molecule has 0 radical (unpaired) electrons. The maximum Gasteiger partial charge on any atom is 0.0223 e. The van der Waals surface area contributed by atoms with Crippen molar-refractivity contribution in [2.45, 2.75) is 59.0 Å². The molecule has 0 aromatic carbocycles. The van der Waals surface area contributed by atoms with Crippen LogP contribution in [0.4, 0.5) is 0 Å². The topological polar surface area (TPSA) is 15.3 Å². The summed E-state index contributed by atoms with van der Waals surface area (Å²) in [7, 11) is 0. The van der Waals surface area contributed by atoms with Gasteiger partial charge >= 0.3 is 0 Å². The molecule has 0 saturated carbocycles. The lowest BCUT2D eigenvalue weighted by Crippen LogP contribution is -2.56. The molecule has 0 aromatic rings. The minimum absolute atomic E-state index is 0.735. The van der Waals surface area contributed by atoms with Crippen LogP contribution in [0.15, 0.2) is 0 Å². The van der Waals surface area contributed by atoms with E-state index in [2.05, 4.69) is 37.9 Å². The van der Waals surface area contributed by atoms with Crippen LogP contribution in [-0.2, 0) is 0 Å². The van der Waals surface area contributed by atoms with Gasteiger partial charge in [-0.1, -0.05) is 34.1 Å². The number of nitrogens with zero attached hydrogens (tertiary/aromatic N) is 1. The van der Waals surface area contributed by atoms with Crippen LogP contribution in [0.3, 0.4) is 0 Å². The highest BCUT2D eigenvalue weighted by atomic mass is 15.2. The standard InChI is InChI=1S/C13H28N2/c1-5-7-12-10-15(6-2)13(9-14-12)8-11(3)4/h11-14H,5-10H2,1-4H3. The molecule has 1 aliphatic rings. The van der Waals surface area contributed by atoms with Gasteiger partial charge in [0.15, 0.2) is 0 Å². The van der Waals surface area contributed by atoms with Gasteiger partial charge in [-0.25, -0.2) is 0 Å². The molecule has 0 spiro atoms. The molecule has 1 N–H and O–H groups in total. The second kappa shape index (κ2) is 6.49. The van der Waals surface area contributed by atoms with Gasteiger partial charge in [0, 0.05) is 25.2 Å². The van der Waals surface area contributed by atoms with Crippen molar-refractivity contribution >= 4 is 0 Å². The van der Waals surface area contributed by atoms with Crippen molar-refractivity contribution < 1.29 is 0 Å². The van der Waals surface area contributed by atoms with Crippen molar-refractivity contribution in [3.8, 4) is 0 Å². The molecule has 2 unspecified atom stereocenters. The number of likely N-dealkylation sites (N-methyl/N-ethyl adjacent to an activating group) is 1. The third kappa shape index (κ3) is 4.12. The monoisotopic (exact) mass is 212 g/mol. The summed E-state index contributed by atoms with van der Waals surface area (Å²) < 4.78 is 0. The van der Waals surface area contributed by atoms with Crippen molar-refractivity contribution in [2.75, 3.05) is 19.6 Å². The zero-order valence-electron chi connectivity index (χ0n) is 10.9. The normalized spacial score (nSPS) is 28.6. The van der Waals surface area contributed by atoms with Crippen LogP contribution in [0.1, 0.15) is 47.0 Å². The summed E-state index contributed by atoms with van der Waals surface area (Å²) in [6.45, 7) is 12.9. The van der Waals surface area contributed by atoms with E-state index in [1.54, 1.807) is 0 Å². The first kappa shape index (κ1) is 13.0. The molecule has 15 heavy (non-hydrogen) atoms. The summed E-state index contributed by atoms with van der Waals surface area (Å²) in [4.78, 5) is 2.66. The highest BCUT2D eigenvalue weighted by Crippen LogP contribution is 2.16. The van der Waals surface area contributed by atoms with E-state index in [9.17, 15) is 0 Å². The van der Waals surface area contributed by atoms with Gasteiger partial charge in [0.2, 0.25) is 0 Å². The van der Waals surface area contributed by atoms with Crippen molar-refractivity contribution in [1.29, 1.82) is 0 Å². The quantitative estimate of drug-likeness (QED) is 0.753. The summed E-state index contributed by atoms with van der Waals surface area (Å²) in [5.74, 6) is 0.813. The van der Waals surface area contributed by atoms with Crippen LogP contribution < -0.4 is 5.32 Å². The fourth-order valence-corrected chi connectivity index (χ4v) is 2.63. The smallest absolute Gasteiger partial charge is 0.0223 e. The van der Waals surface area contributed by atoms with Gasteiger partial charge in [-0.2, -0.15) is 0 Å². The Labute approximate surface area is 95.4 Å². The van der Waals surface area contributed by atoms with Crippen LogP contribution in [0, 0.1) is 5.92 Å². The van der Waals surface area contributed by atoms with Gasteiger partial charge in [-0.3, -0.25) is 4.90 Å². The molecule has 1 fully saturated rings. The molecule has 1 aliphatic heterocycles. The first-order chi connectivity index (χ1) is 7.17. The second-order valence-corrected chi connectivity index (χ2v) is 5.26. The van der Waals surface area contributed by atoms with E-state index in [4.69, 9.17) is 0 Å². The Kier molecular flexibility index (Phi) is 5.62. The fraction of sp³-hybridized carbons (Fsp3) is 1.00. The predicted molar refractivity (Wildman–Crippen MR) is 67.2 cm³/mol. The predicted octanol–water partition coefficient (Wildman–Crippen LogP) is 2.49. The van der Waals surface area contributed by atoms with Gasteiger partial charge in [-0.05, 0) is 25.3 Å². The summed E-state index contributed by atoms with van der Waals surface area (Å²) in [5, 5.41) is 3.70. The summed E-state index contributed by atoms with van der Waals surface area (Å²) in [5.41, 5.74) is 0. The zero-order chi connectivity index (χ0) is 11.3. The zero-order valence-corrected chi connectivity index (χ0v) is 10.9. The van der Waals surface area contributed by atoms with Gasteiger partial charge in [-0.15, -0.1) is 0 Å². The fourth-order valence-electron chi connectivity index (χ4n) is 2.63. The number of hydrogen-bond donors (Lipinski definition) is 1. The van der Waals surface area contributed by atoms with Crippen molar-refractivity contribution in [3.63, 3.8) is 0 Å². The second-order valence-electron chi connectivity index (χ2n) is 5.26. The first-order valence-corrected chi connectivity index (χ1v) is 6.64. The Balaban J connectivity index is 2.41. The van der Waals surface area contributed by atoms with Gasteiger partial charge in [0.05, 0.1) is 0 Å². The minimum Gasteiger partial charge on any atom is -0.311 e. The molecule has 2 heteroatoms. The Morgan fingerprint density at radius 2 is 2.07 bits per heavy atom. The lowest BCUT2D eigenvalue weighted by atomic mass is 9.98. The number of hydrogen-bond acceptors (Lipinski definition) is 2. The van der Waals surface area contributed by atoms with Crippen molar-refractivity contribution in [3.05, 3.63) is 0 Å². The molecule has 1 rings (SSSR count). The van der Waals surface area contributed by atoms with Gasteiger partial charge < -0.3 is 5.32 Å². The lowest BCUT2D eigenvalue weighted by Gasteiger charge is -2.40. The molecular weight excluding hydrogens is 184 g/mol. The van der Waals surface area contributed by atoms with E-state index in [-0.39, 0.29) is 0 Å². The Morgan fingerprint density at radius 3 is 2.60 bits per heavy atom. The molecule has 0 amide bonds. The lowest BCUT2D eigenvalue weighted by molar-refractivity contribution is 0.117. The Bertz CT molecular complexity index is 168. The Hall–Kier alpha value is -0.0800. The summed E-state index contributed by atoms with van der Waals surface area (Å²) >= 11 is 0. The van der Waals surface area contributed by atoms with E-state index in [0.717, 1.165) is 18.0 Å². The van der Waals surface area contributed by atoms with Gasteiger partial charge in [0.25, 0.3) is 0 Å². The third-order valence-corrected chi connectivity index (χ3v) is 3.40. The molecule has 0 aromatic heterocycles. The summed E-state index contributed by atoms with van der Waals surface area (Å²) in [6, 6.07) is 1.50. The van der Waals surface area contributed by atoms with Gasteiger partial charge in [0.1, 0.15) is 0 Å². The van der Waals surface area contributed by atoms with Crippen molar-refractivity contribution in [1.82, 2.24) is 10.2 Å². The molecule has 1 heterocycles. The van der Waals surface area contributed by atoms with E-state index in [1.807, 2.05) is 0 Å². The van der Waals surface area contributed by atoms with Crippen molar-refractivity contribution in [2.24, 2.45) is 5.92 Å². The molecule has 1 saturated heterocycles. The molecule has 90 valence electrons. The molecular formula is C13H28N2. The molecule has 2 atom stereocenters.